The molecule has 0 aromatic heterocycles. The molecule has 76 heavy (non-hydrogen) atoms. The van der Waals surface area contributed by atoms with Gasteiger partial charge in [-0.3, -0.25) is 9.59 Å². The molecule has 3 fully saturated rings. The number of nitrogens with two attached hydrogens (primary N) is 1. The summed E-state index contributed by atoms with van der Waals surface area (Å²) in [5, 5.41) is 115. The van der Waals surface area contributed by atoms with E-state index in [0.29, 0.717) is 0 Å². The Morgan fingerprint density at radius 1 is 0.711 bits per heavy atom. The van der Waals surface area contributed by atoms with Crippen LogP contribution in [0.2, 0.25) is 0 Å². The number of hydrogen-bond donors (Lipinski definition) is 13. The minimum Gasteiger partial charge on any atom is -0.462 e. The molecule has 0 spiro atoms. The van der Waals surface area contributed by atoms with Gasteiger partial charge in [0.25, 0.3) is 0 Å². The fourth-order valence-electron chi connectivity index (χ4n) is 9.33. The van der Waals surface area contributed by atoms with E-state index in [1.807, 2.05) is 13.0 Å². The third kappa shape index (κ3) is 19.7. The first-order valence-electron chi connectivity index (χ1n) is 25.9. The van der Waals surface area contributed by atoms with Crippen molar-refractivity contribution in [1.29, 1.82) is 0 Å². The fourth-order valence-corrected chi connectivity index (χ4v) is 10.7. The minimum absolute atomic E-state index is 0.0980. The average Bonchev–Trinajstić information content (AvgIpc) is 4.17. The molecule has 2 saturated heterocycles. The lowest BCUT2D eigenvalue weighted by Gasteiger charge is -2.46. The number of urea groups is 1. The zero-order valence-electron chi connectivity index (χ0n) is 43.9. The molecule has 0 aromatic rings. The van der Waals surface area contributed by atoms with Crippen molar-refractivity contribution in [1.82, 2.24) is 10.6 Å². The number of cyclic esters (lactones) is 1. The van der Waals surface area contributed by atoms with E-state index in [0.717, 1.165) is 6.26 Å². The highest BCUT2D eigenvalue weighted by Crippen LogP contribution is 2.44. The molecule has 23 heteroatoms. The molecule has 3 aliphatic heterocycles. The van der Waals surface area contributed by atoms with E-state index in [1.165, 1.54) is 13.0 Å². The molecular weight excluding hydrogens is 1010 g/mol. The third-order valence-electron chi connectivity index (χ3n) is 14.4. The van der Waals surface area contributed by atoms with E-state index in [-0.39, 0.29) is 44.4 Å². The van der Waals surface area contributed by atoms with E-state index in [4.69, 9.17) is 24.7 Å². The lowest BCUT2D eigenvalue weighted by atomic mass is 9.87. The molecule has 0 aromatic carbocycles. The van der Waals surface area contributed by atoms with Crippen molar-refractivity contribution in [2.45, 2.75) is 200 Å². The maximum atomic E-state index is 13.4. The molecule has 2 amide bonds. The molecule has 0 radical (unpaired) electrons. The topological polar surface area (TPSA) is 375 Å². The Labute approximate surface area is 445 Å². The Morgan fingerprint density at radius 3 is 1.87 bits per heavy atom. The van der Waals surface area contributed by atoms with Crippen LogP contribution in [0.4, 0.5) is 4.79 Å². The van der Waals surface area contributed by atoms with Crippen LogP contribution < -0.4 is 16.4 Å². The minimum atomic E-state index is -3.78. The summed E-state index contributed by atoms with van der Waals surface area (Å²) < 4.78 is 46.7. The number of carbonyl (C=O) groups is 3. The number of esters is 1. The van der Waals surface area contributed by atoms with E-state index < -0.39 is 174 Å². The number of aliphatic hydroxyl groups is 10. The maximum Gasteiger partial charge on any atom is 0.315 e. The van der Waals surface area contributed by atoms with Gasteiger partial charge in [-0.2, -0.15) is 0 Å². The number of amides is 2. The summed E-state index contributed by atoms with van der Waals surface area (Å²) in [6, 6.07) is -3.59. The smallest absolute Gasteiger partial charge is 0.315 e. The summed E-state index contributed by atoms with van der Waals surface area (Å²) in [5.41, 5.74) is 6.10. The van der Waals surface area contributed by atoms with Crippen molar-refractivity contribution in [3.63, 3.8) is 0 Å². The van der Waals surface area contributed by atoms with Crippen LogP contribution in [0, 0.1) is 11.8 Å². The molecule has 3 heterocycles. The van der Waals surface area contributed by atoms with Crippen molar-refractivity contribution in [3.05, 3.63) is 85.1 Å². The highest BCUT2D eigenvalue weighted by atomic mass is 32.2. The molecule has 22 nitrogen and oxygen atoms in total. The molecule has 4 aliphatic rings. The SMILES string of the molecule is C[C@@H]1[C@H](O)[C@@H](C)/C=C/C=C/C=C/C=C/C=C/C=C/C=C/[C@H](O[C@@H]2O[C@H](C)[C@@H](O)[C@H](N)[C@@H]2O)C[C@@H]2O[C@](O)(C[C@@H](O)C[C@@H](O)[C@H](O)CC[C@@H](O)C[C@@H](O)CC(=O)O[C@H]1C)C[C@H](O)[C@H]2NC(=O)NCC(=O)C1(S(C)(=O)=O)CC1. The van der Waals surface area contributed by atoms with Crippen LogP contribution in [0.1, 0.15) is 91.9 Å². The second kappa shape index (κ2) is 29.8. The summed E-state index contributed by atoms with van der Waals surface area (Å²) >= 11 is 0. The summed E-state index contributed by atoms with van der Waals surface area (Å²) in [6.07, 6.45) is 3.94. The summed E-state index contributed by atoms with van der Waals surface area (Å²) in [4.78, 5) is 39.1. The first-order chi connectivity index (χ1) is 35.7. The highest BCUT2D eigenvalue weighted by molar-refractivity contribution is 7.93. The molecule has 2 bridgehead atoms. The summed E-state index contributed by atoms with van der Waals surface area (Å²) in [6.45, 7) is 6.04. The average molecular weight is 1100 g/mol. The van der Waals surface area contributed by atoms with Crippen LogP contribution in [-0.4, -0.2) is 198 Å². The zero-order valence-corrected chi connectivity index (χ0v) is 44.7. The van der Waals surface area contributed by atoms with Crippen LogP contribution in [0.5, 0.6) is 0 Å². The Balaban J connectivity index is 1.61. The number of aliphatic hydroxyl groups excluding tert-OH is 9. The molecule has 1 saturated carbocycles. The lowest BCUT2D eigenvalue weighted by Crippen LogP contribution is -2.64. The number of Topliss-reactive ketones (excluding diaryl/α,β-unsaturated/α-hetero) is 1. The van der Waals surface area contributed by atoms with Gasteiger partial charge >= 0.3 is 12.0 Å². The van der Waals surface area contributed by atoms with Crippen molar-refractivity contribution < 1.29 is 92.8 Å². The Hall–Kier alpha value is -4.02. The largest absolute Gasteiger partial charge is 0.462 e. The predicted molar refractivity (Wildman–Crippen MR) is 278 cm³/mol. The quantitative estimate of drug-likeness (QED) is 0.147. The number of rotatable bonds is 7. The fraction of sp³-hybridized carbons (Fsp3) is 0.679. The van der Waals surface area contributed by atoms with E-state index in [1.54, 1.807) is 86.8 Å². The lowest BCUT2D eigenvalue weighted by molar-refractivity contribution is -0.303. The first-order valence-corrected chi connectivity index (χ1v) is 27.8. The molecule has 0 unspecified atom stereocenters. The third-order valence-corrected chi connectivity index (χ3v) is 16.4. The normalized spacial score (nSPS) is 42.1. The van der Waals surface area contributed by atoms with Crippen LogP contribution in [0.15, 0.2) is 85.1 Å². The zero-order chi connectivity index (χ0) is 56.5. The van der Waals surface area contributed by atoms with Crippen molar-refractivity contribution in [2.24, 2.45) is 17.6 Å². The molecule has 1 aliphatic carbocycles. The van der Waals surface area contributed by atoms with Crippen LogP contribution in [-0.2, 0) is 38.4 Å². The molecule has 14 N–H and O–H groups in total. The molecule has 430 valence electrons. The monoisotopic (exact) mass is 1100 g/mol. The first kappa shape index (κ1) is 64.5. The number of hydrogen-bond acceptors (Lipinski definition) is 20. The number of allylic oxidation sites excluding steroid dienone is 12. The van der Waals surface area contributed by atoms with Crippen LogP contribution in [0.25, 0.3) is 0 Å². The maximum absolute atomic E-state index is 13.4. The van der Waals surface area contributed by atoms with Gasteiger partial charge < -0.3 is 86.4 Å². The Bertz CT molecular complexity index is 2200. The number of fused-ring (bicyclic) bond motifs is 2. The van der Waals surface area contributed by atoms with Gasteiger partial charge in [-0.05, 0) is 46.0 Å². The van der Waals surface area contributed by atoms with E-state index >= 15 is 0 Å². The van der Waals surface area contributed by atoms with Crippen molar-refractivity contribution >= 4 is 27.6 Å². The molecule has 4 rings (SSSR count). The van der Waals surface area contributed by atoms with Crippen molar-refractivity contribution in [2.75, 3.05) is 12.8 Å². The van der Waals surface area contributed by atoms with Crippen LogP contribution in [0.3, 0.4) is 0 Å². The van der Waals surface area contributed by atoms with Gasteiger partial charge in [0.15, 0.2) is 27.7 Å². The summed E-state index contributed by atoms with van der Waals surface area (Å²) in [7, 11) is -3.78. The predicted octanol–water partition coefficient (Wildman–Crippen LogP) is -0.175. The second-order valence-electron chi connectivity index (χ2n) is 20.7. The molecule has 19 atom stereocenters. The van der Waals surface area contributed by atoms with E-state index in [9.17, 15) is 73.9 Å². The van der Waals surface area contributed by atoms with Gasteiger partial charge in [-0.25, -0.2) is 13.2 Å². The van der Waals surface area contributed by atoms with Gasteiger partial charge in [0.2, 0.25) is 0 Å². The number of ether oxygens (including phenoxy) is 4. The second-order valence-corrected chi connectivity index (χ2v) is 23.1. The van der Waals surface area contributed by atoms with Gasteiger partial charge in [-0.1, -0.05) is 98.9 Å². The van der Waals surface area contributed by atoms with Gasteiger partial charge in [0, 0.05) is 43.8 Å². The number of ketones is 1. The Morgan fingerprint density at radius 2 is 1.29 bits per heavy atom. The number of sulfone groups is 1. The van der Waals surface area contributed by atoms with Gasteiger partial charge in [0.05, 0.1) is 92.2 Å². The number of nitrogens with one attached hydrogen (secondary N) is 2. The Kier molecular flexibility index (Phi) is 25.3. The van der Waals surface area contributed by atoms with Gasteiger partial charge in [-0.15, -0.1) is 0 Å². The summed E-state index contributed by atoms with van der Waals surface area (Å²) in [5.74, 6) is -4.63. The highest BCUT2D eigenvalue weighted by Gasteiger charge is 2.58. The van der Waals surface area contributed by atoms with Crippen LogP contribution >= 0.6 is 0 Å². The van der Waals surface area contributed by atoms with E-state index in [2.05, 4.69) is 10.6 Å². The molecular formula is C53H83N3O19S. The van der Waals surface area contributed by atoms with Crippen molar-refractivity contribution in [3.8, 4) is 0 Å². The standard InChI is InChI=1S/C53H83N3O19S/c1-31-18-16-14-12-10-8-6-7-9-11-13-15-17-19-38(74-50-49(67)45(54)48(66)34(4)73-50)27-42-46(56-51(68)55-30-43(63)52(22-23-52)76(5,70)71)41(62)29-53(69,75-42)28-37(59)25-40(61)39(60)21-20-35(57)24-36(58)26-44(64)72-33(3)32(2)47(31)65/h6-19,31-42,45-50,57-62,65-67,69H,20-30,54H2,1-5H3,(H2,55,56,68)/b7-6+,10-8+,11-9+,14-12+,15-13+,18-16+,19-17+/t31-,32-,33-,34+,35+,36+,37-,38-,39+,40+,41-,42-,45-,46+,47+,48+,49-,50-,53+/m0/s1. The number of carbonyl (C=O) groups excluding carboxylic acids is 3. The van der Waals surface area contributed by atoms with Gasteiger partial charge in [0.1, 0.15) is 17.0 Å².